The number of para-hydroxylation sites is 1. The van der Waals surface area contributed by atoms with Crippen LogP contribution in [-0.2, 0) is 16.4 Å². The van der Waals surface area contributed by atoms with Crippen molar-refractivity contribution in [2.45, 2.75) is 37.9 Å². The summed E-state index contributed by atoms with van der Waals surface area (Å²) in [4.78, 5) is 0. The Morgan fingerprint density at radius 3 is 2.84 bits per heavy atom. The molecule has 0 aromatic heterocycles. The van der Waals surface area contributed by atoms with Crippen LogP contribution in [0.1, 0.15) is 31.7 Å². The van der Waals surface area contributed by atoms with Crippen LogP contribution in [0.15, 0.2) is 24.3 Å². The number of anilines is 1. The molecule has 2 rings (SSSR count). The van der Waals surface area contributed by atoms with Crippen LogP contribution < -0.4 is 10.0 Å². The Balaban J connectivity index is 2.15. The smallest absolute Gasteiger partial charge is 0.236 e. The lowest BCUT2D eigenvalue weighted by molar-refractivity contribution is 0.499. The van der Waals surface area contributed by atoms with Crippen LogP contribution in [0, 0.1) is 0 Å². The quantitative estimate of drug-likeness (QED) is 0.870. The Bertz CT molecular complexity index is 508. The highest BCUT2D eigenvalue weighted by Gasteiger charge is 2.27. The van der Waals surface area contributed by atoms with E-state index in [4.69, 9.17) is 0 Å². The maximum atomic E-state index is 12.4. The van der Waals surface area contributed by atoms with Crippen molar-refractivity contribution in [3.63, 3.8) is 0 Å². The predicted octanol–water partition coefficient (Wildman–Crippen LogP) is 2.13. The van der Waals surface area contributed by atoms with Gasteiger partial charge in [0.1, 0.15) is 0 Å². The molecule has 106 valence electrons. The average Bonchev–Trinajstić information content (AvgIpc) is 2.42. The first-order valence-corrected chi connectivity index (χ1v) is 8.48. The van der Waals surface area contributed by atoms with Gasteiger partial charge in [-0.25, -0.2) is 8.42 Å². The Morgan fingerprint density at radius 1 is 1.37 bits per heavy atom. The van der Waals surface area contributed by atoms with Crippen molar-refractivity contribution in [3.05, 3.63) is 29.8 Å². The van der Waals surface area contributed by atoms with Gasteiger partial charge in [0, 0.05) is 6.54 Å². The third-order valence-corrected chi connectivity index (χ3v) is 5.26. The minimum atomic E-state index is -3.29. The van der Waals surface area contributed by atoms with Gasteiger partial charge in [0.05, 0.1) is 10.9 Å². The molecule has 0 spiro atoms. The maximum Gasteiger partial charge on any atom is 0.236 e. The van der Waals surface area contributed by atoms with Crippen LogP contribution in [0.3, 0.4) is 0 Å². The molecule has 2 N–H and O–H groups in total. The first-order chi connectivity index (χ1) is 9.13. The maximum absolute atomic E-state index is 12.4. The van der Waals surface area contributed by atoms with Crippen molar-refractivity contribution in [2.75, 3.05) is 17.8 Å². The molecule has 1 saturated heterocycles. The third kappa shape index (κ3) is 3.70. The second-order valence-corrected chi connectivity index (χ2v) is 6.98. The number of nitrogens with one attached hydrogen (secondary N) is 2. The summed E-state index contributed by atoms with van der Waals surface area (Å²) in [5, 5.41) is 2.82. The van der Waals surface area contributed by atoms with E-state index in [2.05, 4.69) is 17.0 Å². The van der Waals surface area contributed by atoms with Crippen molar-refractivity contribution in [1.82, 2.24) is 5.32 Å². The van der Waals surface area contributed by atoms with E-state index in [-0.39, 0.29) is 5.25 Å². The summed E-state index contributed by atoms with van der Waals surface area (Å²) in [7, 11) is -3.29. The molecule has 1 unspecified atom stereocenters. The lowest BCUT2D eigenvalue weighted by Crippen LogP contribution is -2.41. The van der Waals surface area contributed by atoms with Gasteiger partial charge in [-0.05, 0) is 37.4 Å². The Hall–Kier alpha value is -1.07. The molecule has 0 radical (unpaired) electrons. The molecule has 1 aromatic carbocycles. The highest BCUT2D eigenvalue weighted by atomic mass is 32.2. The molecule has 1 atom stereocenters. The molecule has 1 aliphatic heterocycles. The molecule has 1 heterocycles. The number of aryl methyl sites for hydroxylation is 1. The Kier molecular flexibility index (Phi) is 4.82. The summed E-state index contributed by atoms with van der Waals surface area (Å²) in [6, 6.07) is 7.65. The number of hydrogen-bond donors (Lipinski definition) is 2. The predicted molar refractivity (Wildman–Crippen MR) is 78.9 cm³/mol. The van der Waals surface area contributed by atoms with Crippen molar-refractivity contribution >= 4 is 15.7 Å². The molecule has 0 amide bonds. The molecule has 19 heavy (non-hydrogen) atoms. The van der Waals surface area contributed by atoms with E-state index in [0.717, 1.165) is 43.5 Å². The molecule has 1 aliphatic rings. The van der Waals surface area contributed by atoms with E-state index in [0.29, 0.717) is 6.54 Å². The number of rotatable bonds is 5. The van der Waals surface area contributed by atoms with Crippen molar-refractivity contribution in [3.8, 4) is 0 Å². The zero-order valence-electron chi connectivity index (χ0n) is 11.4. The summed E-state index contributed by atoms with van der Waals surface area (Å²) in [5.41, 5.74) is 1.80. The van der Waals surface area contributed by atoms with Crippen molar-refractivity contribution in [1.29, 1.82) is 0 Å². The molecule has 1 fully saturated rings. The summed E-state index contributed by atoms with van der Waals surface area (Å²) in [6.45, 7) is 3.56. The molecule has 1 aromatic rings. The van der Waals surface area contributed by atoms with Gasteiger partial charge in [0.2, 0.25) is 10.0 Å². The second kappa shape index (κ2) is 6.39. The largest absolute Gasteiger partial charge is 0.315 e. The minimum Gasteiger partial charge on any atom is -0.315 e. The number of piperidine rings is 1. The van der Waals surface area contributed by atoms with Crippen LogP contribution >= 0.6 is 0 Å². The van der Waals surface area contributed by atoms with Gasteiger partial charge in [0.25, 0.3) is 0 Å². The van der Waals surface area contributed by atoms with Gasteiger partial charge >= 0.3 is 0 Å². The summed E-state index contributed by atoms with van der Waals surface area (Å²) in [5.74, 6) is 0. The standard InChI is InChI=1S/C14H22N2O2S/c1-2-6-12-7-3-4-9-14(12)16-19(17,18)13-8-5-10-15-11-13/h3-4,7,9,13,15-16H,2,5-6,8,10-11H2,1H3. The van der Waals surface area contributed by atoms with E-state index in [1.165, 1.54) is 0 Å². The highest BCUT2D eigenvalue weighted by Crippen LogP contribution is 2.21. The molecule has 0 saturated carbocycles. The summed E-state index contributed by atoms with van der Waals surface area (Å²) >= 11 is 0. The molecular formula is C14H22N2O2S. The normalized spacial score (nSPS) is 20.2. The van der Waals surface area contributed by atoms with E-state index in [1.807, 2.05) is 24.3 Å². The summed E-state index contributed by atoms with van der Waals surface area (Å²) < 4.78 is 27.5. The van der Waals surface area contributed by atoms with Gasteiger partial charge in [-0.15, -0.1) is 0 Å². The Morgan fingerprint density at radius 2 is 2.16 bits per heavy atom. The lowest BCUT2D eigenvalue weighted by atomic mass is 10.1. The van der Waals surface area contributed by atoms with E-state index in [1.54, 1.807) is 0 Å². The van der Waals surface area contributed by atoms with E-state index < -0.39 is 10.0 Å². The molecule has 0 aliphatic carbocycles. The number of benzene rings is 1. The molecular weight excluding hydrogens is 260 g/mol. The van der Waals surface area contributed by atoms with Gasteiger partial charge in [-0.3, -0.25) is 4.72 Å². The highest BCUT2D eigenvalue weighted by molar-refractivity contribution is 7.93. The van der Waals surface area contributed by atoms with Gasteiger partial charge in [-0.1, -0.05) is 31.5 Å². The van der Waals surface area contributed by atoms with Crippen molar-refractivity contribution in [2.24, 2.45) is 0 Å². The monoisotopic (exact) mass is 282 g/mol. The lowest BCUT2D eigenvalue weighted by Gasteiger charge is -2.24. The topological polar surface area (TPSA) is 58.2 Å². The summed E-state index contributed by atoms with van der Waals surface area (Å²) in [6.07, 6.45) is 3.55. The molecule has 4 nitrogen and oxygen atoms in total. The second-order valence-electron chi connectivity index (χ2n) is 5.02. The fourth-order valence-corrected chi connectivity index (χ4v) is 3.92. The van der Waals surface area contributed by atoms with Crippen LogP contribution in [0.25, 0.3) is 0 Å². The van der Waals surface area contributed by atoms with Crippen LogP contribution in [0.5, 0.6) is 0 Å². The van der Waals surface area contributed by atoms with Gasteiger partial charge in [-0.2, -0.15) is 0 Å². The van der Waals surface area contributed by atoms with E-state index >= 15 is 0 Å². The molecule has 0 bridgehead atoms. The zero-order chi connectivity index (χ0) is 13.7. The SMILES string of the molecule is CCCc1ccccc1NS(=O)(=O)C1CCCNC1. The number of hydrogen-bond acceptors (Lipinski definition) is 3. The zero-order valence-corrected chi connectivity index (χ0v) is 12.2. The molecule has 5 heteroatoms. The minimum absolute atomic E-state index is 0.323. The van der Waals surface area contributed by atoms with Crippen molar-refractivity contribution < 1.29 is 8.42 Å². The first kappa shape index (κ1) is 14.3. The first-order valence-electron chi connectivity index (χ1n) is 6.93. The third-order valence-electron chi connectivity index (χ3n) is 3.48. The van der Waals surface area contributed by atoms with Crippen LogP contribution in [-0.4, -0.2) is 26.8 Å². The fourth-order valence-electron chi connectivity index (χ4n) is 2.43. The van der Waals surface area contributed by atoms with Crippen LogP contribution in [0.4, 0.5) is 5.69 Å². The van der Waals surface area contributed by atoms with Gasteiger partial charge in [0.15, 0.2) is 0 Å². The van der Waals surface area contributed by atoms with E-state index in [9.17, 15) is 8.42 Å². The average molecular weight is 282 g/mol. The Labute approximate surface area is 115 Å². The van der Waals surface area contributed by atoms with Crippen LogP contribution in [0.2, 0.25) is 0 Å². The fraction of sp³-hybridized carbons (Fsp3) is 0.571. The number of sulfonamides is 1. The van der Waals surface area contributed by atoms with Gasteiger partial charge < -0.3 is 5.32 Å².